The van der Waals surface area contributed by atoms with E-state index in [0.717, 1.165) is 19.6 Å². The zero-order valence-electron chi connectivity index (χ0n) is 10.2. The molecule has 0 amide bonds. The molecule has 16 heavy (non-hydrogen) atoms. The maximum Gasteiger partial charge on any atom is 0.0543 e. The molecule has 2 rings (SSSR count). The van der Waals surface area contributed by atoms with Crippen LogP contribution in [0.15, 0.2) is 24.4 Å². The first-order valence-electron chi connectivity index (χ1n) is 6.12. The lowest BCUT2D eigenvalue weighted by molar-refractivity contribution is 0.261. The normalized spacial score (nSPS) is 27.6. The molecule has 2 heterocycles. The van der Waals surface area contributed by atoms with Crippen molar-refractivity contribution in [3.05, 3.63) is 30.1 Å². The highest BCUT2D eigenvalue weighted by Crippen LogP contribution is 2.08. The highest BCUT2D eigenvalue weighted by molar-refractivity contribution is 5.03. The molecular formula is C13H21N3. The first-order chi connectivity index (χ1) is 7.74. The number of hydrogen-bond acceptors (Lipinski definition) is 3. The summed E-state index contributed by atoms with van der Waals surface area (Å²) < 4.78 is 0. The van der Waals surface area contributed by atoms with Crippen LogP contribution in [-0.2, 0) is 6.54 Å². The van der Waals surface area contributed by atoms with Crippen molar-refractivity contribution in [3.8, 4) is 0 Å². The van der Waals surface area contributed by atoms with Gasteiger partial charge < -0.3 is 5.32 Å². The largest absolute Gasteiger partial charge is 0.310 e. The summed E-state index contributed by atoms with van der Waals surface area (Å²) in [7, 11) is 0. The summed E-state index contributed by atoms with van der Waals surface area (Å²) in [5, 5.41) is 3.60. The van der Waals surface area contributed by atoms with E-state index in [4.69, 9.17) is 0 Å². The topological polar surface area (TPSA) is 28.2 Å². The molecule has 1 aromatic heterocycles. The van der Waals surface area contributed by atoms with E-state index in [-0.39, 0.29) is 0 Å². The number of aromatic nitrogens is 1. The average molecular weight is 219 g/mol. The van der Waals surface area contributed by atoms with Crippen molar-refractivity contribution in [1.82, 2.24) is 15.2 Å². The second-order valence-corrected chi connectivity index (χ2v) is 4.81. The fourth-order valence-corrected chi connectivity index (χ4v) is 2.34. The molecule has 1 aliphatic rings. The Labute approximate surface area is 97.9 Å². The molecule has 0 saturated carbocycles. The van der Waals surface area contributed by atoms with E-state index in [2.05, 4.69) is 41.2 Å². The monoisotopic (exact) mass is 219 g/mol. The summed E-state index contributed by atoms with van der Waals surface area (Å²) in [5.74, 6) is 0. The lowest BCUT2D eigenvalue weighted by atomic mass is 10.2. The Morgan fingerprint density at radius 3 is 3.00 bits per heavy atom. The molecule has 88 valence electrons. The first kappa shape index (κ1) is 11.6. The maximum absolute atomic E-state index is 4.39. The molecule has 0 spiro atoms. The van der Waals surface area contributed by atoms with Crippen LogP contribution in [-0.4, -0.2) is 35.1 Å². The van der Waals surface area contributed by atoms with Gasteiger partial charge in [-0.15, -0.1) is 0 Å². The smallest absolute Gasteiger partial charge is 0.0543 e. The van der Waals surface area contributed by atoms with Crippen molar-refractivity contribution in [3.63, 3.8) is 0 Å². The highest BCUT2D eigenvalue weighted by atomic mass is 15.2. The summed E-state index contributed by atoms with van der Waals surface area (Å²) in [4.78, 5) is 6.88. The SMILES string of the molecule is CC1CCN(Cc2ccccn2)CC(C)N1. The summed E-state index contributed by atoms with van der Waals surface area (Å²) in [5.41, 5.74) is 1.17. The Kier molecular flexibility index (Phi) is 3.91. The molecule has 1 saturated heterocycles. The van der Waals surface area contributed by atoms with Crippen molar-refractivity contribution in [2.75, 3.05) is 13.1 Å². The van der Waals surface area contributed by atoms with E-state index in [9.17, 15) is 0 Å². The quantitative estimate of drug-likeness (QED) is 0.820. The third-order valence-electron chi connectivity index (χ3n) is 3.09. The zero-order valence-corrected chi connectivity index (χ0v) is 10.2. The molecule has 3 heteroatoms. The molecule has 2 atom stereocenters. The Balaban J connectivity index is 1.94. The second kappa shape index (κ2) is 5.41. The van der Waals surface area contributed by atoms with E-state index in [1.165, 1.54) is 12.1 Å². The minimum Gasteiger partial charge on any atom is -0.310 e. The second-order valence-electron chi connectivity index (χ2n) is 4.81. The molecule has 0 aromatic carbocycles. The fraction of sp³-hybridized carbons (Fsp3) is 0.615. The lowest BCUT2D eigenvalue weighted by Crippen LogP contribution is -2.37. The van der Waals surface area contributed by atoms with E-state index in [1.54, 1.807) is 0 Å². The number of pyridine rings is 1. The third kappa shape index (κ3) is 3.29. The number of hydrogen-bond donors (Lipinski definition) is 1. The van der Waals surface area contributed by atoms with Gasteiger partial charge in [-0.2, -0.15) is 0 Å². The van der Waals surface area contributed by atoms with Gasteiger partial charge in [0.2, 0.25) is 0 Å². The Morgan fingerprint density at radius 2 is 2.25 bits per heavy atom. The van der Waals surface area contributed by atoms with Crippen LogP contribution >= 0.6 is 0 Å². The van der Waals surface area contributed by atoms with Gasteiger partial charge in [0.1, 0.15) is 0 Å². The molecule has 1 fully saturated rings. The first-order valence-corrected chi connectivity index (χ1v) is 6.12. The van der Waals surface area contributed by atoms with Crippen LogP contribution in [0.25, 0.3) is 0 Å². The molecular weight excluding hydrogens is 198 g/mol. The molecule has 0 aliphatic carbocycles. The van der Waals surface area contributed by atoms with Gasteiger partial charge in [0, 0.05) is 37.9 Å². The molecule has 1 N–H and O–H groups in total. The van der Waals surface area contributed by atoms with Gasteiger partial charge in [0.15, 0.2) is 0 Å². The minimum atomic E-state index is 0.571. The van der Waals surface area contributed by atoms with Gasteiger partial charge in [-0.3, -0.25) is 9.88 Å². The van der Waals surface area contributed by atoms with Crippen LogP contribution < -0.4 is 5.32 Å². The Bertz CT molecular complexity index is 312. The van der Waals surface area contributed by atoms with Crippen molar-refractivity contribution >= 4 is 0 Å². The molecule has 2 unspecified atom stereocenters. The van der Waals surface area contributed by atoms with E-state index in [1.807, 2.05) is 12.3 Å². The van der Waals surface area contributed by atoms with E-state index >= 15 is 0 Å². The molecule has 1 aromatic rings. The van der Waals surface area contributed by atoms with Crippen LogP contribution in [0.4, 0.5) is 0 Å². The fourth-order valence-electron chi connectivity index (χ4n) is 2.34. The van der Waals surface area contributed by atoms with Crippen molar-refractivity contribution in [2.24, 2.45) is 0 Å². The maximum atomic E-state index is 4.39. The van der Waals surface area contributed by atoms with Crippen molar-refractivity contribution < 1.29 is 0 Å². The highest BCUT2D eigenvalue weighted by Gasteiger charge is 2.18. The van der Waals surface area contributed by atoms with Gasteiger partial charge in [-0.05, 0) is 32.4 Å². The predicted molar refractivity (Wildman–Crippen MR) is 66.2 cm³/mol. The minimum absolute atomic E-state index is 0.571. The van der Waals surface area contributed by atoms with Crippen molar-refractivity contribution in [2.45, 2.75) is 38.9 Å². The number of nitrogens with one attached hydrogen (secondary N) is 1. The van der Waals surface area contributed by atoms with Gasteiger partial charge >= 0.3 is 0 Å². The summed E-state index contributed by atoms with van der Waals surface area (Å²) >= 11 is 0. The van der Waals surface area contributed by atoms with Crippen LogP contribution in [0.1, 0.15) is 26.0 Å². The lowest BCUT2D eigenvalue weighted by Gasteiger charge is -2.21. The van der Waals surface area contributed by atoms with Crippen molar-refractivity contribution in [1.29, 1.82) is 0 Å². The van der Waals surface area contributed by atoms with Crippen LogP contribution in [0.3, 0.4) is 0 Å². The molecule has 1 aliphatic heterocycles. The van der Waals surface area contributed by atoms with E-state index < -0.39 is 0 Å². The number of rotatable bonds is 2. The number of nitrogens with zero attached hydrogens (tertiary/aromatic N) is 2. The Hall–Kier alpha value is -0.930. The zero-order chi connectivity index (χ0) is 11.4. The van der Waals surface area contributed by atoms with Gasteiger partial charge in [-0.1, -0.05) is 6.07 Å². The standard InChI is InChI=1S/C13H21N3/c1-11-6-8-16(9-12(2)15-11)10-13-5-3-4-7-14-13/h3-5,7,11-12,15H,6,8-10H2,1-2H3. The third-order valence-corrected chi connectivity index (χ3v) is 3.09. The van der Waals surface area contributed by atoms with Gasteiger partial charge in [-0.25, -0.2) is 0 Å². The average Bonchev–Trinajstić information content (AvgIpc) is 2.41. The summed E-state index contributed by atoms with van der Waals surface area (Å²) in [6, 6.07) is 7.33. The van der Waals surface area contributed by atoms with Crippen LogP contribution in [0.2, 0.25) is 0 Å². The molecule has 0 bridgehead atoms. The molecule has 3 nitrogen and oxygen atoms in total. The molecule has 0 radical (unpaired) electrons. The van der Waals surface area contributed by atoms with Crippen LogP contribution in [0, 0.1) is 0 Å². The predicted octanol–water partition coefficient (Wildman–Crippen LogP) is 1.65. The van der Waals surface area contributed by atoms with E-state index in [0.29, 0.717) is 12.1 Å². The summed E-state index contributed by atoms with van der Waals surface area (Å²) in [6.45, 7) is 7.77. The Morgan fingerprint density at radius 1 is 1.38 bits per heavy atom. The van der Waals surface area contributed by atoms with Crippen LogP contribution in [0.5, 0.6) is 0 Å². The van der Waals surface area contributed by atoms with Gasteiger partial charge in [0.05, 0.1) is 5.69 Å². The van der Waals surface area contributed by atoms with Gasteiger partial charge in [0.25, 0.3) is 0 Å². The summed E-state index contributed by atoms with van der Waals surface area (Å²) in [6.07, 6.45) is 3.09.